The average Bonchev–Trinajstić information content (AvgIpc) is 2.63. The number of nitrogens with zero attached hydrogens (tertiary/aromatic N) is 2. The molecule has 0 aromatic heterocycles. The summed E-state index contributed by atoms with van der Waals surface area (Å²) in [4.78, 5) is 28.4. The van der Waals surface area contributed by atoms with E-state index in [0.29, 0.717) is 38.6 Å². The Morgan fingerprint density at radius 3 is 2.21 bits per heavy atom. The standard InChI is InChI=1S/C19H27N3O2/c23-18(15-16-7-3-1-4-8-16)21-11-13-22(14-12-21)19(24)20-17-9-5-2-6-10-17/h1,3-4,7-8,17H,2,5-6,9-15H2,(H,20,24). The summed E-state index contributed by atoms with van der Waals surface area (Å²) in [7, 11) is 0. The van der Waals surface area contributed by atoms with Crippen LogP contribution in [0.3, 0.4) is 0 Å². The summed E-state index contributed by atoms with van der Waals surface area (Å²) in [6.07, 6.45) is 6.35. The van der Waals surface area contributed by atoms with Crippen LogP contribution < -0.4 is 5.32 Å². The normalized spacial score (nSPS) is 19.2. The second-order valence-electron chi connectivity index (χ2n) is 6.81. The second-order valence-corrected chi connectivity index (χ2v) is 6.81. The summed E-state index contributed by atoms with van der Waals surface area (Å²) in [5.74, 6) is 0.147. The third-order valence-corrected chi connectivity index (χ3v) is 5.05. The van der Waals surface area contributed by atoms with Gasteiger partial charge >= 0.3 is 6.03 Å². The summed E-state index contributed by atoms with van der Waals surface area (Å²) in [5, 5.41) is 3.16. The van der Waals surface area contributed by atoms with Crippen LogP contribution in [-0.2, 0) is 11.2 Å². The molecule has 3 amide bonds. The monoisotopic (exact) mass is 329 g/mol. The topological polar surface area (TPSA) is 52.7 Å². The number of benzene rings is 1. The Morgan fingerprint density at radius 1 is 0.917 bits per heavy atom. The SMILES string of the molecule is O=C(Cc1ccccc1)N1CCN(C(=O)NC2CCCCC2)CC1. The molecule has 24 heavy (non-hydrogen) atoms. The zero-order chi connectivity index (χ0) is 16.8. The molecular formula is C19H27N3O2. The molecule has 0 unspecified atom stereocenters. The number of amides is 3. The summed E-state index contributed by atoms with van der Waals surface area (Å²) in [6.45, 7) is 2.51. The molecule has 0 bridgehead atoms. The quantitative estimate of drug-likeness (QED) is 0.926. The van der Waals surface area contributed by atoms with E-state index in [-0.39, 0.29) is 11.9 Å². The highest BCUT2D eigenvalue weighted by atomic mass is 16.2. The Bertz CT molecular complexity index is 547. The minimum atomic E-state index is 0.0389. The number of carbonyl (C=O) groups excluding carboxylic acids is 2. The minimum Gasteiger partial charge on any atom is -0.339 e. The van der Waals surface area contributed by atoms with Crippen LogP contribution in [0.15, 0.2) is 30.3 Å². The molecule has 2 fully saturated rings. The predicted molar refractivity (Wildman–Crippen MR) is 93.7 cm³/mol. The Morgan fingerprint density at radius 2 is 1.54 bits per heavy atom. The first-order valence-corrected chi connectivity index (χ1v) is 9.09. The van der Waals surface area contributed by atoms with E-state index in [2.05, 4.69) is 5.32 Å². The van der Waals surface area contributed by atoms with E-state index in [1.54, 1.807) is 0 Å². The summed E-state index contributed by atoms with van der Waals surface area (Å²) in [6, 6.07) is 10.2. The maximum absolute atomic E-state index is 12.4. The van der Waals surface area contributed by atoms with Gasteiger partial charge in [-0.15, -0.1) is 0 Å². The van der Waals surface area contributed by atoms with Gasteiger partial charge < -0.3 is 15.1 Å². The average molecular weight is 329 g/mol. The molecule has 2 aliphatic rings. The van der Waals surface area contributed by atoms with Crippen LogP contribution in [0.25, 0.3) is 0 Å². The summed E-state index contributed by atoms with van der Waals surface area (Å²) in [5.41, 5.74) is 1.04. The van der Waals surface area contributed by atoms with Gasteiger partial charge in [-0.1, -0.05) is 49.6 Å². The summed E-state index contributed by atoms with van der Waals surface area (Å²) < 4.78 is 0. The fraction of sp³-hybridized carbons (Fsp3) is 0.579. The van der Waals surface area contributed by atoms with Gasteiger partial charge in [0.1, 0.15) is 0 Å². The highest BCUT2D eigenvalue weighted by Gasteiger charge is 2.25. The van der Waals surface area contributed by atoms with Crippen molar-refractivity contribution in [1.29, 1.82) is 0 Å². The largest absolute Gasteiger partial charge is 0.339 e. The van der Waals surface area contributed by atoms with Crippen LogP contribution in [0.1, 0.15) is 37.7 Å². The van der Waals surface area contributed by atoms with Crippen LogP contribution >= 0.6 is 0 Å². The first kappa shape index (κ1) is 16.8. The molecule has 130 valence electrons. The molecular weight excluding hydrogens is 302 g/mol. The van der Waals surface area contributed by atoms with E-state index < -0.39 is 0 Å². The fourth-order valence-corrected chi connectivity index (χ4v) is 3.55. The van der Waals surface area contributed by atoms with Crippen molar-refractivity contribution in [3.63, 3.8) is 0 Å². The first-order valence-electron chi connectivity index (χ1n) is 9.09. The molecule has 1 N–H and O–H groups in total. The molecule has 1 heterocycles. The van der Waals surface area contributed by atoms with Gasteiger partial charge in [0.15, 0.2) is 0 Å². The molecule has 1 aromatic rings. The van der Waals surface area contributed by atoms with Crippen LogP contribution in [-0.4, -0.2) is 54.0 Å². The first-order chi connectivity index (χ1) is 11.7. The maximum atomic E-state index is 12.4. The lowest BCUT2D eigenvalue weighted by Gasteiger charge is -2.36. The molecule has 0 spiro atoms. The van der Waals surface area contributed by atoms with Gasteiger partial charge in [-0.2, -0.15) is 0 Å². The Kier molecular flexibility index (Phi) is 5.72. The zero-order valence-electron chi connectivity index (χ0n) is 14.2. The van der Waals surface area contributed by atoms with Gasteiger partial charge in [-0.25, -0.2) is 4.79 Å². The molecule has 1 aliphatic heterocycles. The highest BCUT2D eigenvalue weighted by molar-refractivity contribution is 5.79. The molecule has 5 nitrogen and oxygen atoms in total. The van der Waals surface area contributed by atoms with Gasteiger partial charge in [0.25, 0.3) is 0 Å². The molecule has 1 saturated heterocycles. The van der Waals surface area contributed by atoms with Crippen molar-refractivity contribution < 1.29 is 9.59 Å². The number of nitrogens with one attached hydrogen (secondary N) is 1. The van der Waals surface area contributed by atoms with Crippen molar-refractivity contribution in [1.82, 2.24) is 15.1 Å². The number of carbonyl (C=O) groups is 2. The van der Waals surface area contributed by atoms with Crippen molar-refractivity contribution >= 4 is 11.9 Å². The van der Waals surface area contributed by atoms with E-state index in [0.717, 1.165) is 18.4 Å². The smallest absolute Gasteiger partial charge is 0.317 e. The number of rotatable bonds is 3. The third kappa shape index (κ3) is 4.49. The molecule has 3 rings (SSSR count). The van der Waals surface area contributed by atoms with Crippen LogP contribution in [0.5, 0.6) is 0 Å². The molecule has 5 heteroatoms. The number of piperazine rings is 1. The van der Waals surface area contributed by atoms with Crippen molar-refractivity contribution in [3.05, 3.63) is 35.9 Å². The Balaban J connectivity index is 1.43. The zero-order valence-corrected chi connectivity index (χ0v) is 14.2. The third-order valence-electron chi connectivity index (χ3n) is 5.05. The van der Waals surface area contributed by atoms with Gasteiger partial charge in [-0.3, -0.25) is 4.79 Å². The van der Waals surface area contributed by atoms with Crippen molar-refractivity contribution in [2.75, 3.05) is 26.2 Å². The molecule has 0 radical (unpaired) electrons. The fourth-order valence-electron chi connectivity index (χ4n) is 3.55. The molecule has 1 aliphatic carbocycles. The van der Waals surface area contributed by atoms with Crippen molar-refractivity contribution in [3.8, 4) is 0 Å². The van der Waals surface area contributed by atoms with E-state index >= 15 is 0 Å². The number of hydrogen-bond donors (Lipinski definition) is 1. The van der Waals surface area contributed by atoms with Crippen LogP contribution in [0.4, 0.5) is 4.79 Å². The molecule has 0 atom stereocenters. The second kappa shape index (κ2) is 8.18. The lowest BCUT2D eigenvalue weighted by atomic mass is 9.96. The van der Waals surface area contributed by atoms with E-state index in [9.17, 15) is 9.59 Å². The minimum absolute atomic E-state index is 0.0389. The predicted octanol–water partition coefficient (Wildman–Crippen LogP) is 2.42. The van der Waals surface area contributed by atoms with Crippen molar-refractivity contribution in [2.24, 2.45) is 0 Å². The van der Waals surface area contributed by atoms with Crippen LogP contribution in [0, 0.1) is 0 Å². The van der Waals surface area contributed by atoms with E-state index in [1.165, 1.54) is 19.3 Å². The number of urea groups is 1. The van der Waals surface area contributed by atoms with Crippen molar-refractivity contribution in [2.45, 2.75) is 44.6 Å². The Labute approximate surface area is 144 Å². The summed E-state index contributed by atoms with van der Waals surface area (Å²) >= 11 is 0. The lowest BCUT2D eigenvalue weighted by Crippen LogP contribution is -2.54. The van der Waals surface area contributed by atoms with Gasteiger partial charge in [0.2, 0.25) is 5.91 Å². The molecule has 1 aromatic carbocycles. The van der Waals surface area contributed by atoms with Gasteiger partial charge in [0.05, 0.1) is 6.42 Å². The highest BCUT2D eigenvalue weighted by Crippen LogP contribution is 2.17. The van der Waals surface area contributed by atoms with Gasteiger partial charge in [-0.05, 0) is 18.4 Å². The van der Waals surface area contributed by atoms with Crippen LogP contribution in [0.2, 0.25) is 0 Å². The van der Waals surface area contributed by atoms with Gasteiger partial charge in [0, 0.05) is 32.2 Å². The Hall–Kier alpha value is -2.04. The number of hydrogen-bond acceptors (Lipinski definition) is 2. The maximum Gasteiger partial charge on any atom is 0.317 e. The lowest BCUT2D eigenvalue weighted by molar-refractivity contribution is -0.131. The van der Waals surface area contributed by atoms with E-state index in [4.69, 9.17) is 0 Å². The molecule has 1 saturated carbocycles. The van der Waals surface area contributed by atoms with E-state index in [1.807, 2.05) is 40.1 Å².